The number of piperazine rings is 1. The van der Waals surface area contributed by atoms with Gasteiger partial charge >= 0.3 is 0 Å². The van der Waals surface area contributed by atoms with E-state index in [2.05, 4.69) is 14.4 Å². The van der Waals surface area contributed by atoms with Crippen LogP contribution in [0.15, 0.2) is 36.7 Å². The third-order valence-electron chi connectivity index (χ3n) is 4.38. The largest absolute Gasteiger partial charge is 0.369 e. The quantitative estimate of drug-likeness (QED) is 0.637. The van der Waals surface area contributed by atoms with Gasteiger partial charge in [0.15, 0.2) is 10.6 Å². The molecule has 23 heavy (non-hydrogen) atoms. The molecule has 0 aliphatic carbocycles. The monoisotopic (exact) mass is 330 g/mol. The van der Waals surface area contributed by atoms with E-state index in [1.165, 1.54) is 5.69 Å². The molecule has 0 bridgehead atoms. The minimum atomic E-state index is 0.112. The van der Waals surface area contributed by atoms with Crippen molar-refractivity contribution >= 4 is 23.7 Å². The summed E-state index contributed by atoms with van der Waals surface area (Å²) in [5, 5.41) is 0. The number of anilines is 1. The minimum Gasteiger partial charge on any atom is -0.369 e. The lowest BCUT2D eigenvalue weighted by atomic mass is 10.1. The lowest BCUT2D eigenvalue weighted by molar-refractivity contribution is 0.101. The summed E-state index contributed by atoms with van der Waals surface area (Å²) in [5.41, 5.74) is 1.96. The number of benzene rings is 1. The van der Waals surface area contributed by atoms with Crippen molar-refractivity contribution in [1.29, 1.82) is 0 Å². The second-order valence-corrected chi connectivity index (χ2v) is 6.38. The van der Waals surface area contributed by atoms with Crippen LogP contribution < -0.4 is 4.90 Å². The summed E-state index contributed by atoms with van der Waals surface area (Å²) >= 11 is 5.39. The average Bonchev–Trinajstić information content (AvgIpc) is 2.88. The van der Waals surface area contributed by atoms with Gasteiger partial charge in [-0.25, -0.2) is 0 Å². The fraction of sp³-hybridized carbons (Fsp3) is 0.412. The highest BCUT2D eigenvalue weighted by atomic mass is 32.1. The smallest absolute Gasteiger partial charge is 0.180 e. The van der Waals surface area contributed by atoms with E-state index in [9.17, 15) is 4.79 Å². The number of hydrogen-bond donors (Lipinski definition) is 0. The summed E-state index contributed by atoms with van der Waals surface area (Å²) in [6.45, 7) is 6.43. The van der Waals surface area contributed by atoms with Crippen LogP contribution in [0.5, 0.6) is 0 Å². The Morgan fingerprint density at radius 2 is 1.74 bits per heavy atom. The van der Waals surface area contributed by atoms with E-state index in [4.69, 9.17) is 12.2 Å². The maximum absolute atomic E-state index is 11.3. The van der Waals surface area contributed by atoms with Crippen LogP contribution in [-0.2, 0) is 13.7 Å². The molecular weight excluding hydrogens is 308 g/mol. The van der Waals surface area contributed by atoms with Crippen LogP contribution >= 0.6 is 12.2 Å². The number of carbonyl (C=O) groups excluding carboxylic acids is 1. The molecule has 0 saturated carbocycles. The first-order valence-corrected chi connectivity index (χ1v) is 8.25. The maximum atomic E-state index is 11.3. The van der Waals surface area contributed by atoms with Gasteiger partial charge in [0.05, 0.1) is 6.67 Å². The van der Waals surface area contributed by atoms with Gasteiger partial charge in [-0.15, -0.1) is 0 Å². The normalized spacial score (nSPS) is 15.8. The van der Waals surface area contributed by atoms with Gasteiger partial charge in [0, 0.05) is 56.9 Å². The number of ketones is 1. The number of carbonyl (C=O) groups is 1. The number of hydrogen-bond acceptors (Lipinski definition) is 4. The van der Waals surface area contributed by atoms with Crippen LogP contribution in [0.1, 0.15) is 17.3 Å². The van der Waals surface area contributed by atoms with E-state index in [1.54, 1.807) is 6.92 Å². The third kappa shape index (κ3) is 3.54. The Morgan fingerprint density at radius 1 is 1.09 bits per heavy atom. The van der Waals surface area contributed by atoms with Crippen molar-refractivity contribution in [2.24, 2.45) is 7.05 Å². The second-order valence-electron chi connectivity index (χ2n) is 6.01. The van der Waals surface area contributed by atoms with E-state index < -0.39 is 0 Å². The number of imidazole rings is 1. The van der Waals surface area contributed by atoms with E-state index in [0.717, 1.165) is 43.2 Å². The first kappa shape index (κ1) is 16.0. The highest BCUT2D eigenvalue weighted by molar-refractivity contribution is 7.71. The molecule has 1 aliphatic heterocycles. The minimum absolute atomic E-state index is 0.112. The van der Waals surface area contributed by atoms with Gasteiger partial charge in [-0.1, -0.05) is 0 Å². The molecule has 0 spiro atoms. The lowest BCUT2D eigenvalue weighted by Crippen LogP contribution is -2.46. The van der Waals surface area contributed by atoms with E-state index in [1.807, 2.05) is 48.3 Å². The number of nitrogens with zero attached hydrogens (tertiary/aromatic N) is 4. The maximum Gasteiger partial charge on any atom is 0.180 e. The molecule has 3 rings (SSSR count). The molecule has 0 unspecified atom stereocenters. The standard InChI is InChI=1S/C17H22N4OS/c1-14(22)15-3-5-16(6-4-15)20-11-8-19(9-12-20)13-21-10-7-18(2)17(21)23/h3-7,10H,8-9,11-13H2,1-2H3. The Balaban J connectivity index is 1.58. The van der Waals surface area contributed by atoms with Crippen molar-refractivity contribution in [3.05, 3.63) is 47.0 Å². The van der Waals surface area contributed by atoms with Crippen molar-refractivity contribution < 1.29 is 4.79 Å². The molecule has 2 heterocycles. The molecule has 1 aromatic heterocycles. The fourth-order valence-electron chi connectivity index (χ4n) is 2.89. The number of aryl methyl sites for hydroxylation is 1. The van der Waals surface area contributed by atoms with Gasteiger partial charge in [-0.3, -0.25) is 9.69 Å². The Bertz CT molecular complexity index is 739. The molecule has 1 aliphatic rings. The Labute approximate surface area is 141 Å². The summed E-state index contributed by atoms with van der Waals surface area (Å²) in [6.07, 6.45) is 4.03. The van der Waals surface area contributed by atoms with Crippen molar-refractivity contribution in [3.8, 4) is 0 Å². The van der Waals surface area contributed by atoms with Gasteiger partial charge in [0.1, 0.15) is 0 Å². The Morgan fingerprint density at radius 3 is 2.26 bits per heavy atom. The molecule has 5 nitrogen and oxygen atoms in total. The first-order valence-electron chi connectivity index (χ1n) is 7.84. The predicted octanol–water partition coefficient (Wildman–Crippen LogP) is 2.54. The third-order valence-corrected chi connectivity index (χ3v) is 4.90. The van der Waals surface area contributed by atoms with Crippen LogP contribution in [-0.4, -0.2) is 46.0 Å². The number of aromatic nitrogens is 2. The fourth-order valence-corrected chi connectivity index (χ4v) is 3.07. The molecule has 0 atom stereocenters. The zero-order chi connectivity index (χ0) is 16.4. The van der Waals surface area contributed by atoms with E-state index in [0.29, 0.717) is 0 Å². The second kappa shape index (κ2) is 6.68. The zero-order valence-corrected chi connectivity index (χ0v) is 14.4. The molecule has 0 radical (unpaired) electrons. The van der Waals surface area contributed by atoms with Crippen LogP contribution in [0.25, 0.3) is 0 Å². The van der Waals surface area contributed by atoms with Gasteiger partial charge in [-0.2, -0.15) is 0 Å². The highest BCUT2D eigenvalue weighted by Crippen LogP contribution is 2.18. The molecule has 2 aromatic rings. The van der Waals surface area contributed by atoms with Crippen molar-refractivity contribution in [3.63, 3.8) is 0 Å². The summed E-state index contributed by atoms with van der Waals surface area (Å²) in [5.74, 6) is 0.112. The van der Waals surface area contributed by atoms with Crippen molar-refractivity contribution in [1.82, 2.24) is 14.0 Å². The SMILES string of the molecule is CC(=O)c1ccc(N2CCN(Cn3ccn(C)c3=S)CC2)cc1. The Hall–Kier alpha value is -1.92. The molecular formula is C17H22N4OS. The number of Topliss-reactive ketones (excluding diaryl/α,β-unsaturated/α-hetero) is 1. The van der Waals surface area contributed by atoms with Gasteiger partial charge < -0.3 is 14.0 Å². The highest BCUT2D eigenvalue weighted by Gasteiger charge is 2.17. The van der Waals surface area contributed by atoms with Crippen LogP contribution in [0, 0.1) is 4.77 Å². The average molecular weight is 330 g/mol. The summed E-state index contributed by atoms with van der Waals surface area (Å²) in [6, 6.07) is 7.90. The van der Waals surface area contributed by atoms with E-state index >= 15 is 0 Å². The molecule has 0 amide bonds. The van der Waals surface area contributed by atoms with Crippen LogP contribution in [0.4, 0.5) is 5.69 Å². The van der Waals surface area contributed by atoms with Gasteiger partial charge in [-0.05, 0) is 43.4 Å². The summed E-state index contributed by atoms with van der Waals surface area (Å²) < 4.78 is 4.92. The molecule has 1 saturated heterocycles. The molecule has 1 fully saturated rings. The molecule has 0 N–H and O–H groups in total. The molecule has 122 valence electrons. The topological polar surface area (TPSA) is 33.4 Å². The van der Waals surface area contributed by atoms with E-state index in [-0.39, 0.29) is 5.78 Å². The zero-order valence-electron chi connectivity index (χ0n) is 13.6. The molecule has 1 aromatic carbocycles. The summed E-state index contributed by atoms with van der Waals surface area (Å²) in [7, 11) is 1.97. The number of rotatable bonds is 4. The first-order chi connectivity index (χ1) is 11.0. The van der Waals surface area contributed by atoms with Crippen molar-refractivity contribution in [2.75, 3.05) is 31.1 Å². The van der Waals surface area contributed by atoms with Gasteiger partial charge in [0.25, 0.3) is 0 Å². The van der Waals surface area contributed by atoms with Gasteiger partial charge in [0.2, 0.25) is 0 Å². The lowest BCUT2D eigenvalue weighted by Gasteiger charge is -2.36. The van der Waals surface area contributed by atoms with Crippen LogP contribution in [0.2, 0.25) is 0 Å². The molecule has 6 heteroatoms. The predicted molar refractivity (Wildman–Crippen MR) is 94.5 cm³/mol. The van der Waals surface area contributed by atoms with Crippen LogP contribution in [0.3, 0.4) is 0 Å². The Kier molecular flexibility index (Phi) is 4.63. The van der Waals surface area contributed by atoms with Crippen molar-refractivity contribution in [2.45, 2.75) is 13.6 Å². The summed E-state index contributed by atoms with van der Waals surface area (Å²) in [4.78, 5) is 16.1.